The Morgan fingerprint density at radius 2 is 2.08 bits per heavy atom. The van der Waals surface area contributed by atoms with Crippen LogP contribution in [-0.4, -0.2) is 52.0 Å². The van der Waals surface area contributed by atoms with Crippen LogP contribution < -0.4 is 5.73 Å². The first-order chi connectivity index (χ1) is 12.0. The van der Waals surface area contributed by atoms with Crippen LogP contribution in [0.4, 0.5) is 5.82 Å². The number of ether oxygens (including phenoxy) is 1. The van der Waals surface area contributed by atoms with Gasteiger partial charge in [0.25, 0.3) is 0 Å². The largest absolute Gasteiger partial charge is 0.411 e. The lowest BCUT2D eigenvalue weighted by Gasteiger charge is -2.39. The van der Waals surface area contributed by atoms with E-state index in [1.165, 1.54) is 6.33 Å². The van der Waals surface area contributed by atoms with Crippen LogP contribution in [-0.2, 0) is 9.16 Å². The molecule has 0 radical (unpaired) electrons. The van der Waals surface area contributed by atoms with E-state index in [4.69, 9.17) is 14.9 Å². The molecular weight excluding hydrogens is 350 g/mol. The quantitative estimate of drug-likeness (QED) is 0.785. The molecule has 3 atom stereocenters. The first-order valence-electron chi connectivity index (χ1n) is 8.94. The maximum atomic E-state index is 9.80. The first kappa shape index (κ1) is 19.2. The Balaban J connectivity index is 1.89. The summed E-state index contributed by atoms with van der Waals surface area (Å²) in [6, 6.07) is 0. The topological polar surface area (TPSA) is 108 Å². The standard InChI is InChI=1S/C17H29N5O3Si/c1-10-14-15(18)19-9-20-16(14)22(21-10)13-7-11(12(8-23)24-13)25-26(5,6)17(2,3)4/h9,11-13,23H,7-8H2,1-6H3,(H2,18,19,20)/t11-,12+,13+/m0/s1. The van der Waals surface area contributed by atoms with Crippen molar-refractivity contribution >= 4 is 25.2 Å². The smallest absolute Gasteiger partial charge is 0.192 e. The summed E-state index contributed by atoms with van der Waals surface area (Å²) in [7, 11) is -1.98. The molecule has 1 aliphatic heterocycles. The van der Waals surface area contributed by atoms with Gasteiger partial charge < -0.3 is 20.0 Å². The Labute approximate surface area is 154 Å². The molecule has 8 nitrogen and oxygen atoms in total. The molecule has 1 saturated heterocycles. The lowest BCUT2D eigenvalue weighted by molar-refractivity contribution is -0.0451. The van der Waals surface area contributed by atoms with E-state index in [0.717, 1.165) is 11.1 Å². The van der Waals surface area contributed by atoms with E-state index in [-0.39, 0.29) is 30.1 Å². The molecule has 144 valence electrons. The van der Waals surface area contributed by atoms with Crippen LogP contribution in [0.3, 0.4) is 0 Å². The molecule has 0 saturated carbocycles. The summed E-state index contributed by atoms with van der Waals surface area (Å²) in [6.45, 7) is 12.8. The molecule has 0 amide bonds. The number of anilines is 1. The molecule has 2 aromatic rings. The maximum absolute atomic E-state index is 9.80. The second-order valence-corrected chi connectivity index (χ2v) is 13.2. The summed E-state index contributed by atoms with van der Waals surface area (Å²) < 4.78 is 14.3. The van der Waals surface area contributed by atoms with E-state index in [0.29, 0.717) is 17.9 Å². The molecule has 9 heteroatoms. The number of nitrogen functional groups attached to an aromatic ring is 1. The fourth-order valence-corrected chi connectivity index (χ4v) is 4.42. The average molecular weight is 380 g/mol. The molecule has 3 rings (SSSR count). The Morgan fingerprint density at radius 3 is 2.69 bits per heavy atom. The molecule has 2 aromatic heterocycles. The molecule has 3 N–H and O–H groups in total. The average Bonchev–Trinajstić information content (AvgIpc) is 3.07. The van der Waals surface area contributed by atoms with Crippen molar-refractivity contribution < 1.29 is 14.3 Å². The minimum Gasteiger partial charge on any atom is -0.411 e. The van der Waals surface area contributed by atoms with E-state index < -0.39 is 8.32 Å². The lowest BCUT2D eigenvalue weighted by atomic mass is 10.2. The van der Waals surface area contributed by atoms with E-state index in [2.05, 4.69) is 48.9 Å². The highest BCUT2D eigenvalue weighted by molar-refractivity contribution is 6.74. The Kier molecular flexibility index (Phi) is 4.85. The minimum absolute atomic E-state index is 0.0851. The van der Waals surface area contributed by atoms with Crippen molar-refractivity contribution in [1.82, 2.24) is 19.7 Å². The molecule has 0 unspecified atom stereocenters. The van der Waals surface area contributed by atoms with Gasteiger partial charge in [-0.1, -0.05) is 20.8 Å². The number of aliphatic hydroxyl groups is 1. The lowest BCUT2D eigenvalue weighted by Crippen LogP contribution is -2.46. The number of aliphatic hydroxyl groups excluding tert-OH is 1. The van der Waals surface area contributed by atoms with Crippen LogP contribution in [0.15, 0.2) is 6.33 Å². The van der Waals surface area contributed by atoms with Crippen LogP contribution in [0.25, 0.3) is 11.0 Å². The number of hydrogen-bond donors (Lipinski definition) is 2. The number of aryl methyl sites for hydroxylation is 1. The molecule has 0 aromatic carbocycles. The maximum Gasteiger partial charge on any atom is 0.192 e. The first-order valence-corrected chi connectivity index (χ1v) is 11.9. The summed E-state index contributed by atoms with van der Waals surface area (Å²) in [5.41, 5.74) is 7.38. The van der Waals surface area contributed by atoms with E-state index in [9.17, 15) is 5.11 Å². The highest BCUT2D eigenvalue weighted by Crippen LogP contribution is 2.41. The monoisotopic (exact) mass is 379 g/mol. The molecule has 0 aliphatic carbocycles. The van der Waals surface area contributed by atoms with Crippen molar-refractivity contribution in [2.75, 3.05) is 12.3 Å². The van der Waals surface area contributed by atoms with Crippen molar-refractivity contribution in [3.8, 4) is 0 Å². The van der Waals surface area contributed by atoms with Crippen molar-refractivity contribution in [2.45, 2.75) is 70.7 Å². The van der Waals surface area contributed by atoms with Gasteiger partial charge in [-0.05, 0) is 25.1 Å². The minimum atomic E-state index is -1.98. The van der Waals surface area contributed by atoms with Crippen LogP contribution in [0.2, 0.25) is 18.1 Å². The fraction of sp³-hybridized carbons (Fsp3) is 0.706. The number of nitrogens with two attached hydrogens (primary N) is 1. The van der Waals surface area contributed by atoms with Gasteiger partial charge in [0, 0.05) is 6.42 Å². The van der Waals surface area contributed by atoms with Gasteiger partial charge in [-0.3, -0.25) is 0 Å². The van der Waals surface area contributed by atoms with Crippen LogP contribution >= 0.6 is 0 Å². The molecule has 3 heterocycles. The number of hydrogen-bond acceptors (Lipinski definition) is 7. The molecule has 0 spiro atoms. The second kappa shape index (κ2) is 6.56. The summed E-state index contributed by atoms with van der Waals surface area (Å²) in [6.07, 6.45) is 1.12. The second-order valence-electron chi connectivity index (χ2n) is 8.45. The van der Waals surface area contributed by atoms with Gasteiger partial charge in [0.1, 0.15) is 18.2 Å². The van der Waals surface area contributed by atoms with Gasteiger partial charge in [-0.2, -0.15) is 5.10 Å². The zero-order valence-electron chi connectivity index (χ0n) is 16.4. The van der Waals surface area contributed by atoms with Gasteiger partial charge in [0.2, 0.25) is 0 Å². The van der Waals surface area contributed by atoms with Crippen molar-refractivity contribution in [2.24, 2.45) is 0 Å². The van der Waals surface area contributed by atoms with Gasteiger partial charge in [0.15, 0.2) is 20.2 Å². The van der Waals surface area contributed by atoms with Crippen molar-refractivity contribution in [1.29, 1.82) is 0 Å². The van der Waals surface area contributed by atoms with Gasteiger partial charge in [0.05, 0.1) is 23.8 Å². The van der Waals surface area contributed by atoms with Crippen LogP contribution in [0.1, 0.15) is 39.1 Å². The predicted molar refractivity (Wildman–Crippen MR) is 102 cm³/mol. The fourth-order valence-electron chi connectivity index (χ4n) is 3.06. The van der Waals surface area contributed by atoms with Crippen LogP contribution in [0, 0.1) is 6.92 Å². The zero-order chi connectivity index (χ0) is 19.3. The van der Waals surface area contributed by atoms with E-state index >= 15 is 0 Å². The van der Waals surface area contributed by atoms with Crippen LogP contribution in [0.5, 0.6) is 0 Å². The third-order valence-corrected chi connectivity index (χ3v) is 10.1. The summed E-state index contributed by atoms with van der Waals surface area (Å²) in [4.78, 5) is 8.37. The molecule has 26 heavy (non-hydrogen) atoms. The normalized spacial score (nSPS) is 24.5. The Morgan fingerprint density at radius 1 is 1.38 bits per heavy atom. The highest BCUT2D eigenvalue weighted by Gasteiger charge is 2.45. The summed E-state index contributed by atoms with van der Waals surface area (Å²) >= 11 is 0. The number of rotatable bonds is 4. The zero-order valence-corrected chi connectivity index (χ0v) is 17.4. The van der Waals surface area contributed by atoms with E-state index in [1.54, 1.807) is 4.68 Å². The molecular formula is C17H29N5O3Si. The van der Waals surface area contributed by atoms with E-state index in [1.807, 2.05) is 6.92 Å². The molecule has 1 fully saturated rings. The van der Waals surface area contributed by atoms with Gasteiger partial charge >= 0.3 is 0 Å². The predicted octanol–water partition coefficient (Wildman–Crippen LogP) is 2.39. The highest BCUT2D eigenvalue weighted by atomic mass is 28.4. The van der Waals surface area contributed by atoms with Crippen molar-refractivity contribution in [3.63, 3.8) is 0 Å². The molecule has 1 aliphatic rings. The number of aromatic nitrogens is 4. The van der Waals surface area contributed by atoms with Gasteiger partial charge in [-0.25, -0.2) is 14.6 Å². The molecule has 0 bridgehead atoms. The number of nitrogens with zero attached hydrogens (tertiary/aromatic N) is 4. The third-order valence-electron chi connectivity index (χ3n) is 5.58. The van der Waals surface area contributed by atoms with Crippen molar-refractivity contribution in [3.05, 3.63) is 12.0 Å². The summed E-state index contributed by atoms with van der Waals surface area (Å²) in [5.74, 6) is 0.407. The SMILES string of the molecule is Cc1nn([C@H]2C[C@H](O[Si](C)(C)C(C)(C)C)[C@@H](CO)O2)c2ncnc(N)c12. The Hall–Kier alpha value is -1.55. The van der Waals surface area contributed by atoms with Gasteiger partial charge in [-0.15, -0.1) is 0 Å². The Bertz CT molecular complexity index is 802. The number of fused-ring (bicyclic) bond motifs is 1. The summed E-state index contributed by atoms with van der Waals surface area (Å²) in [5, 5.41) is 15.2. The third kappa shape index (κ3) is 3.24.